The first kappa shape index (κ1) is 19.8. The van der Waals surface area contributed by atoms with Crippen LogP contribution in [0.2, 0.25) is 0 Å². The molecule has 1 aliphatic heterocycles. The summed E-state index contributed by atoms with van der Waals surface area (Å²) < 4.78 is 0. The topological polar surface area (TPSA) is 87.2 Å². The fourth-order valence-electron chi connectivity index (χ4n) is 3.57. The number of rotatable bonds is 4. The second-order valence-corrected chi connectivity index (χ2v) is 7.69. The Morgan fingerprint density at radius 2 is 1.68 bits per heavy atom. The van der Waals surface area contributed by atoms with Gasteiger partial charge in [-0.1, -0.05) is 24.3 Å². The van der Waals surface area contributed by atoms with E-state index in [1.807, 2.05) is 45.0 Å². The van der Waals surface area contributed by atoms with E-state index in [-0.39, 0.29) is 17.7 Å². The minimum absolute atomic E-state index is 0.137. The molecule has 0 atom stereocenters. The van der Waals surface area contributed by atoms with Crippen LogP contribution in [0.3, 0.4) is 0 Å². The molecule has 7 nitrogen and oxygen atoms in total. The van der Waals surface area contributed by atoms with Gasteiger partial charge in [-0.15, -0.1) is 0 Å². The van der Waals surface area contributed by atoms with Crippen molar-refractivity contribution in [3.8, 4) is 0 Å². The van der Waals surface area contributed by atoms with Gasteiger partial charge >= 0.3 is 0 Å². The highest BCUT2D eigenvalue weighted by Gasteiger charge is 2.32. The highest BCUT2D eigenvalue weighted by Crippen LogP contribution is 2.26. The average Bonchev–Trinajstić information content (AvgIpc) is 2.72. The molecule has 2 aromatic rings. The van der Waals surface area contributed by atoms with Gasteiger partial charge in [0.25, 0.3) is 0 Å². The Balaban J connectivity index is 1.52. The monoisotopic (exact) mass is 381 g/mol. The smallest absolute Gasteiger partial charge is 0.248 e. The van der Waals surface area contributed by atoms with Gasteiger partial charge in [-0.05, 0) is 50.8 Å². The highest BCUT2D eigenvalue weighted by molar-refractivity contribution is 5.90. The minimum atomic E-state index is -0.743. The summed E-state index contributed by atoms with van der Waals surface area (Å²) in [6, 6.07) is 9.57. The van der Waals surface area contributed by atoms with Crippen LogP contribution in [0.1, 0.15) is 37.8 Å². The van der Waals surface area contributed by atoms with E-state index in [4.69, 9.17) is 0 Å². The number of hydrazine groups is 1. The summed E-state index contributed by atoms with van der Waals surface area (Å²) in [5.41, 5.74) is 6.47. The summed E-state index contributed by atoms with van der Waals surface area (Å²) in [5.74, 6) is 0.171. The standard InChI is InChI=1S/C21H27N5O2/c1-15-7-4-5-8-17(15)21(2,3)19(28)25-24-18(27)16-9-13-26(14-10-16)20-22-11-6-12-23-20/h4-8,11-12,16H,9-10,13-14H2,1-3H3,(H,24,27)(H,25,28). The summed E-state index contributed by atoms with van der Waals surface area (Å²) in [5, 5.41) is 0. The van der Waals surface area contributed by atoms with E-state index in [0.717, 1.165) is 11.1 Å². The quantitative estimate of drug-likeness (QED) is 0.792. The Kier molecular flexibility index (Phi) is 5.92. The molecule has 148 valence electrons. The number of hydrogen-bond donors (Lipinski definition) is 2. The molecule has 7 heteroatoms. The number of piperidine rings is 1. The van der Waals surface area contributed by atoms with Crippen molar-refractivity contribution >= 4 is 17.8 Å². The molecule has 0 saturated carbocycles. The Morgan fingerprint density at radius 1 is 1.04 bits per heavy atom. The van der Waals surface area contributed by atoms with Crippen LogP contribution in [-0.2, 0) is 15.0 Å². The Bertz CT molecular complexity index is 830. The average molecular weight is 381 g/mol. The zero-order chi connectivity index (χ0) is 20.1. The molecule has 1 fully saturated rings. The van der Waals surface area contributed by atoms with Crippen LogP contribution < -0.4 is 15.8 Å². The van der Waals surface area contributed by atoms with Gasteiger partial charge in [0.1, 0.15) is 0 Å². The van der Waals surface area contributed by atoms with Crippen molar-refractivity contribution in [2.75, 3.05) is 18.0 Å². The van der Waals surface area contributed by atoms with Gasteiger partial charge in [0.2, 0.25) is 17.8 Å². The predicted molar refractivity (Wildman–Crippen MR) is 107 cm³/mol. The lowest BCUT2D eigenvalue weighted by Gasteiger charge is -2.31. The van der Waals surface area contributed by atoms with Crippen LogP contribution in [0.4, 0.5) is 5.95 Å². The van der Waals surface area contributed by atoms with Gasteiger partial charge in [-0.25, -0.2) is 9.97 Å². The highest BCUT2D eigenvalue weighted by atomic mass is 16.2. The molecule has 1 aromatic carbocycles. The van der Waals surface area contributed by atoms with Crippen molar-refractivity contribution in [2.24, 2.45) is 5.92 Å². The molecule has 0 unspecified atom stereocenters. The molecule has 0 bridgehead atoms. The lowest BCUT2D eigenvalue weighted by Crippen LogP contribution is -2.52. The number of nitrogens with zero attached hydrogens (tertiary/aromatic N) is 3. The van der Waals surface area contributed by atoms with Crippen LogP contribution >= 0.6 is 0 Å². The molecule has 3 rings (SSSR count). The first-order valence-electron chi connectivity index (χ1n) is 9.58. The van der Waals surface area contributed by atoms with Crippen molar-refractivity contribution in [1.82, 2.24) is 20.8 Å². The fraction of sp³-hybridized carbons (Fsp3) is 0.429. The van der Waals surface area contributed by atoms with Gasteiger partial charge in [0.15, 0.2) is 0 Å². The summed E-state index contributed by atoms with van der Waals surface area (Å²) in [7, 11) is 0. The lowest BCUT2D eigenvalue weighted by atomic mass is 9.81. The molecule has 0 radical (unpaired) electrons. The molecular weight excluding hydrogens is 354 g/mol. The first-order valence-corrected chi connectivity index (χ1v) is 9.58. The Morgan fingerprint density at radius 3 is 2.32 bits per heavy atom. The van der Waals surface area contributed by atoms with Crippen molar-refractivity contribution in [1.29, 1.82) is 0 Å². The van der Waals surface area contributed by atoms with E-state index in [1.165, 1.54) is 0 Å². The Labute approximate surface area is 165 Å². The van der Waals surface area contributed by atoms with E-state index in [2.05, 4.69) is 25.7 Å². The number of carbonyl (C=O) groups is 2. The molecule has 1 saturated heterocycles. The maximum atomic E-state index is 12.7. The molecule has 0 spiro atoms. The number of nitrogens with one attached hydrogen (secondary N) is 2. The minimum Gasteiger partial charge on any atom is -0.341 e. The lowest BCUT2D eigenvalue weighted by molar-refractivity contribution is -0.133. The van der Waals surface area contributed by atoms with Crippen molar-refractivity contribution in [3.63, 3.8) is 0 Å². The van der Waals surface area contributed by atoms with Crippen LogP contribution in [0.15, 0.2) is 42.7 Å². The number of aryl methyl sites for hydroxylation is 1. The maximum Gasteiger partial charge on any atom is 0.248 e. The van der Waals surface area contributed by atoms with Gasteiger partial charge in [0.05, 0.1) is 5.41 Å². The molecule has 2 heterocycles. The third-order valence-corrected chi connectivity index (χ3v) is 5.39. The van der Waals surface area contributed by atoms with E-state index >= 15 is 0 Å². The van der Waals surface area contributed by atoms with E-state index in [1.54, 1.807) is 18.5 Å². The number of hydrogen-bond acceptors (Lipinski definition) is 5. The van der Waals surface area contributed by atoms with E-state index in [9.17, 15) is 9.59 Å². The zero-order valence-corrected chi connectivity index (χ0v) is 16.6. The van der Waals surface area contributed by atoms with E-state index in [0.29, 0.717) is 31.9 Å². The van der Waals surface area contributed by atoms with Gasteiger partial charge in [0, 0.05) is 31.4 Å². The van der Waals surface area contributed by atoms with Crippen molar-refractivity contribution < 1.29 is 9.59 Å². The summed E-state index contributed by atoms with van der Waals surface area (Å²) in [6.45, 7) is 7.12. The number of aromatic nitrogens is 2. The number of anilines is 1. The summed E-state index contributed by atoms with van der Waals surface area (Å²) in [6.07, 6.45) is 4.82. The molecule has 2 amide bonds. The van der Waals surface area contributed by atoms with Gasteiger partial charge in [-0.3, -0.25) is 20.4 Å². The molecule has 1 aliphatic rings. The molecule has 28 heavy (non-hydrogen) atoms. The van der Waals surface area contributed by atoms with E-state index < -0.39 is 5.41 Å². The van der Waals surface area contributed by atoms with Crippen LogP contribution in [0.5, 0.6) is 0 Å². The molecule has 2 N–H and O–H groups in total. The van der Waals surface area contributed by atoms with Gasteiger partial charge in [-0.2, -0.15) is 0 Å². The third-order valence-electron chi connectivity index (χ3n) is 5.39. The van der Waals surface area contributed by atoms with Gasteiger partial charge < -0.3 is 4.90 Å². The van der Waals surface area contributed by atoms with Crippen LogP contribution in [0, 0.1) is 12.8 Å². The molecule has 1 aromatic heterocycles. The maximum absolute atomic E-state index is 12.7. The molecular formula is C21H27N5O2. The first-order chi connectivity index (χ1) is 13.4. The Hall–Kier alpha value is -2.96. The van der Waals surface area contributed by atoms with Crippen LogP contribution in [-0.4, -0.2) is 34.9 Å². The van der Waals surface area contributed by atoms with Crippen LogP contribution in [0.25, 0.3) is 0 Å². The number of benzene rings is 1. The second-order valence-electron chi connectivity index (χ2n) is 7.69. The summed E-state index contributed by atoms with van der Waals surface area (Å²) in [4.78, 5) is 35.8. The number of carbonyl (C=O) groups excluding carboxylic acids is 2. The fourth-order valence-corrected chi connectivity index (χ4v) is 3.57. The third kappa shape index (κ3) is 4.30. The zero-order valence-electron chi connectivity index (χ0n) is 16.6. The largest absolute Gasteiger partial charge is 0.341 e. The van der Waals surface area contributed by atoms with Crippen molar-refractivity contribution in [2.45, 2.75) is 39.0 Å². The predicted octanol–water partition coefficient (Wildman–Crippen LogP) is 2.13. The summed E-state index contributed by atoms with van der Waals surface area (Å²) >= 11 is 0. The van der Waals surface area contributed by atoms with Crippen molar-refractivity contribution in [3.05, 3.63) is 53.9 Å². The normalized spacial score (nSPS) is 15.2. The molecule has 0 aliphatic carbocycles. The number of amides is 2. The second kappa shape index (κ2) is 8.37. The SMILES string of the molecule is Cc1ccccc1C(C)(C)C(=O)NNC(=O)C1CCN(c2ncccn2)CC1.